The predicted molar refractivity (Wildman–Crippen MR) is 140 cm³/mol. The van der Waals surface area contributed by atoms with Crippen LogP contribution in [0.1, 0.15) is 24.7 Å². The number of nitrogens with zero attached hydrogens (tertiary/aromatic N) is 5. The third-order valence-electron chi connectivity index (χ3n) is 7.29. The number of carbonyl (C=O) groups excluding carboxylic acids is 1. The van der Waals surface area contributed by atoms with E-state index in [1.165, 1.54) is 4.90 Å². The van der Waals surface area contributed by atoms with Crippen molar-refractivity contribution in [3.63, 3.8) is 0 Å². The van der Waals surface area contributed by atoms with Crippen molar-refractivity contribution in [1.82, 2.24) is 29.7 Å². The van der Waals surface area contributed by atoms with E-state index in [1.807, 2.05) is 25.1 Å². The molecule has 11 nitrogen and oxygen atoms in total. The molecule has 37 heavy (non-hydrogen) atoms. The highest BCUT2D eigenvalue weighted by atomic mass is 16.4. The van der Waals surface area contributed by atoms with Gasteiger partial charge in [0.05, 0.1) is 16.7 Å². The van der Waals surface area contributed by atoms with Crippen LogP contribution < -0.4 is 21.1 Å². The van der Waals surface area contributed by atoms with Crippen LogP contribution in [0.2, 0.25) is 0 Å². The van der Waals surface area contributed by atoms with E-state index in [0.717, 1.165) is 41.8 Å². The molecule has 196 valence electrons. The number of hydrogen-bond donors (Lipinski definition) is 3. The van der Waals surface area contributed by atoms with Gasteiger partial charge in [0.25, 0.3) is 5.56 Å². The number of urea groups is 1. The third-order valence-corrected chi connectivity index (χ3v) is 7.29. The van der Waals surface area contributed by atoms with Crippen molar-refractivity contribution >= 4 is 28.8 Å². The van der Waals surface area contributed by atoms with Gasteiger partial charge in [0.2, 0.25) is 0 Å². The number of amides is 3. The molecule has 4 heterocycles. The van der Waals surface area contributed by atoms with Crippen LogP contribution in [0.25, 0.3) is 11.0 Å². The van der Waals surface area contributed by atoms with E-state index in [9.17, 15) is 19.5 Å². The molecule has 0 spiro atoms. The molecular weight excluding hydrogens is 474 g/mol. The highest BCUT2D eigenvalue weighted by molar-refractivity contribution is 5.94. The molecule has 2 aliphatic rings. The zero-order chi connectivity index (χ0) is 25.9. The summed E-state index contributed by atoms with van der Waals surface area (Å²) < 4.78 is 3.84. The van der Waals surface area contributed by atoms with Crippen LogP contribution in [0.3, 0.4) is 0 Å². The van der Waals surface area contributed by atoms with E-state index < -0.39 is 6.09 Å². The topological polar surface area (TPSA) is 125 Å². The first kappa shape index (κ1) is 24.8. The van der Waals surface area contributed by atoms with Crippen molar-refractivity contribution < 1.29 is 14.7 Å². The number of aromatic nitrogens is 3. The van der Waals surface area contributed by atoms with E-state index in [-0.39, 0.29) is 17.6 Å². The second-order valence-electron chi connectivity index (χ2n) is 9.60. The lowest BCUT2D eigenvalue weighted by Gasteiger charge is -2.33. The monoisotopic (exact) mass is 507 g/mol. The third kappa shape index (κ3) is 5.04. The molecule has 0 unspecified atom stereocenters. The Morgan fingerprint density at radius 1 is 1.16 bits per heavy atom. The second-order valence-corrected chi connectivity index (χ2v) is 9.60. The molecule has 1 atom stereocenters. The Balaban J connectivity index is 1.39. The lowest BCUT2D eigenvalue weighted by Crippen LogP contribution is -2.41. The van der Waals surface area contributed by atoms with Gasteiger partial charge in [-0.25, -0.2) is 14.6 Å². The number of benzene rings is 1. The molecule has 2 aromatic heterocycles. The number of pyridine rings is 1. The van der Waals surface area contributed by atoms with Gasteiger partial charge in [-0.2, -0.15) is 0 Å². The van der Waals surface area contributed by atoms with Crippen molar-refractivity contribution in [3.05, 3.63) is 58.3 Å². The summed E-state index contributed by atoms with van der Waals surface area (Å²) in [4.78, 5) is 44.2. The summed E-state index contributed by atoms with van der Waals surface area (Å²) in [5.74, 6) is 0.861. The summed E-state index contributed by atoms with van der Waals surface area (Å²) >= 11 is 0. The van der Waals surface area contributed by atoms with Crippen LogP contribution in [0.5, 0.6) is 0 Å². The maximum absolute atomic E-state index is 12.2. The molecular formula is C26H33N7O4. The highest BCUT2D eigenvalue weighted by Gasteiger charge is 2.30. The van der Waals surface area contributed by atoms with Gasteiger partial charge in [0, 0.05) is 76.1 Å². The number of fused-ring (bicyclic) bond motifs is 3. The summed E-state index contributed by atoms with van der Waals surface area (Å²) in [6.07, 6.45) is 2.90. The van der Waals surface area contributed by atoms with Crippen molar-refractivity contribution in [2.45, 2.75) is 45.3 Å². The fraction of sp³-hybridized carbons (Fsp3) is 0.462. The van der Waals surface area contributed by atoms with Gasteiger partial charge in [-0.3, -0.25) is 9.69 Å². The predicted octanol–water partition coefficient (Wildman–Crippen LogP) is 1.87. The maximum atomic E-state index is 12.2. The highest BCUT2D eigenvalue weighted by Crippen LogP contribution is 2.36. The average Bonchev–Trinajstić information content (AvgIpc) is 3.45. The Morgan fingerprint density at radius 3 is 2.76 bits per heavy atom. The Morgan fingerprint density at radius 2 is 2.00 bits per heavy atom. The number of rotatable bonds is 9. The molecule has 5 rings (SSSR count). The van der Waals surface area contributed by atoms with Crippen molar-refractivity contribution in [3.8, 4) is 0 Å². The Labute approximate surface area is 214 Å². The SMILES string of the molecule is C[C@H]1CCc2c(ccc3c2nc(CCn2ccccc2=O)n3CCNCCN2CCNC2=O)N1C(=O)O. The minimum absolute atomic E-state index is 0.0182. The minimum Gasteiger partial charge on any atom is -0.465 e. The summed E-state index contributed by atoms with van der Waals surface area (Å²) in [5.41, 5.74) is 3.41. The Kier molecular flexibility index (Phi) is 7.13. The van der Waals surface area contributed by atoms with E-state index in [1.54, 1.807) is 27.8 Å². The molecule has 0 radical (unpaired) electrons. The maximum Gasteiger partial charge on any atom is 0.412 e. The van der Waals surface area contributed by atoms with Gasteiger partial charge < -0.3 is 29.8 Å². The second kappa shape index (κ2) is 10.6. The fourth-order valence-electron chi connectivity index (χ4n) is 5.33. The van der Waals surface area contributed by atoms with Gasteiger partial charge in [0.1, 0.15) is 5.82 Å². The van der Waals surface area contributed by atoms with E-state index in [2.05, 4.69) is 15.2 Å². The zero-order valence-corrected chi connectivity index (χ0v) is 21.0. The van der Waals surface area contributed by atoms with Crippen LogP contribution in [0.4, 0.5) is 15.3 Å². The minimum atomic E-state index is -0.952. The molecule has 1 fully saturated rings. The fourth-order valence-corrected chi connectivity index (χ4v) is 5.33. The van der Waals surface area contributed by atoms with Crippen molar-refractivity contribution in [2.24, 2.45) is 0 Å². The van der Waals surface area contributed by atoms with E-state index in [4.69, 9.17) is 4.98 Å². The number of carboxylic acid groups (broad SMARTS) is 1. The number of hydrogen-bond acceptors (Lipinski definition) is 5. The zero-order valence-electron chi connectivity index (χ0n) is 21.0. The quantitative estimate of drug-likeness (QED) is 0.380. The first-order valence-electron chi connectivity index (χ1n) is 12.9. The van der Waals surface area contributed by atoms with Crippen LogP contribution in [0.15, 0.2) is 41.3 Å². The number of nitrogens with one attached hydrogen (secondary N) is 2. The van der Waals surface area contributed by atoms with Crippen molar-refractivity contribution in [2.75, 3.05) is 37.6 Å². The molecule has 11 heteroatoms. The van der Waals surface area contributed by atoms with Crippen LogP contribution in [-0.4, -0.2) is 75.0 Å². The molecule has 0 saturated carbocycles. The number of carbonyl (C=O) groups is 2. The molecule has 0 bridgehead atoms. The van der Waals surface area contributed by atoms with Crippen LogP contribution in [-0.2, 0) is 25.9 Å². The molecule has 3 aromatic rings. The largest absolute Gasteiger partial charge is 0.465 e. The van der Waals surface area contributed by atoms with Gasteiger partial charge in [-0.05, 0) is 38.0 Å². The van der Waals surface area contributed by atoms with E-state index in [0.29, 0.717) is 51.4 Å². The van der Waals surface area contributed by atoms with Gasteiger partial charge in [0.15, 0.2) is 0 Å². The van der Waals surface area contributed by atoms with Crippen LogP contribution >= 0.6 is 0 Å². The van der Waals surface area contributed by atoms with E-state index >= 15 is 0 Å². The Hall–Kier alpha value is -3.86. The standard InChI is InChI=1S/C26H33N7O4/c1-18-5-6-19-20(33(18)26(36)37)7-8-21-24(19)29-22(9-14-30-13-3-2-4-23(30)34)32(21)17-11-27-10-15-31-16-12-28-25(31)35/h2-4,7-8,13,18,27H,5-6,9-12,14-17H2,1H3,(H,28,35)(H,36,37)/t18-/m0/s1. The van der Waals surface area contributed by atoms with Gasteiger partial charge in [-0.1, -0.05) is 6.07 Å². The Bertz CT molecular complexity index is 1360. The smallest absolute Gasteiger partial charge is 0.412 e. The first-order chi connectivity index (χ1) is 17.9. The normalized spacial score (nSPS) is 17.3. The van der Waals surface area contributed by atoms with Crippen LogP contribution in [0, 0.1) is 0 Å². The number of aryl methyl sites for hydroxylation is 3. The summed E-state index contributed by atoms with van der Waals surface area (Å²) in [5, 5.41) is 16.1. The van der Waals surface area contributed by atoms with Gasteiger partial charge in [-0.15, -0.1) is 0 Å². The molecule has 2 aliphatic heterocycles. The number of imidazole rings is 1. The first-order valence-corrected chi connectivity index (χ1v) is 12.9. The molecule has 1 aromatic carbocycles. The molecule has 3 N–H and O–H groups in total. The lowest BCUT2D eigenvalue weighted by molar-refractivity contribution is 0.198. The molecule has 1 saturated heterocycles. The summed E-state index contributed by atoms with van der Waals surface area (Å²) in [6.45, 7) is 6.55. The lowest BCUT2D eigenvalue weighted by atomic mass is 9.96. The summed E-state index contributed by atoms with van der Waals surface area (Å²) in [6, 6.07) is 8.86. The van der Waals surface area contributed by atoms with Crippen molar-refractivity contribution in [1.29, 1.82) is 0 Å². The molecule has 0 aliphatic carbocycles. The van der Waals surface area contributed by atoms with Gasteiger partial charge >= 0.3 is 12.1 Å². The average molecular weight is 508 g/mol. The number of anilines is 1. The summed E-state index contributed by atoms with van der Waals surface area (Å²) in [7, 11) is 0. The molecule has 3 amide bonds.